The van der Waals surface area contributed by atoms with Crippen molar-refractivity contribution in [3.8, 4) is 11.1 Å². The highest BCUT2D eigenvalue weighted by atomic mass is 35.5. The van der Waals surface area contributed by atoms with E-state index in [4.69, 9.17) is 28.9 Å². The molecule has 2 aromatic carbocycles. The third-order valence-corrected chi connectivity index (χ3v) is 6.54. The summed E-state index contributed by atoms with van der Waals surface area (Å²) in [6, 6.07) is 9.60. The Hall–Kier alpha value is -3.37. The molecule has 4 rings (SSSR count). The standard InChI is InChI=1S/C24H18Cl2F4N4O2/c1-33(23(36)20-17(26)3-2-4-18(20)27)22-19(34-10-14(11-34)24(28,29)30)8-13(9-32-22)15-7-12(21(31)35)5-6-16(15)25/h2-9,14H,10-11H2,1H3,(H2,31,35). The Morgan fingerprint density at radius 1 is 1.11 bits per heavy atom. The summed E-state index contributed by atoms with van der Waals surface area (Å²) in [7, 11) is 1.32. The molecule has 36 heavy (non-hydrogen) atoms. The molecule has 2 heterocycles. The van der Waals surface area contributed by atoms with Gasteiger partial charge in [-0.2, -0.15) is 13.2 Å². The fourth-order valence-electron chi connectivity index (χ4n) is 3.83. The molecule has 188 valence electrons. The van der Waals surface area contributed by atoms with Crippen LogP contribution in [-0.4, -0.2) is 43.1 Å². The maximum absolute atomic E-state index is 14.4. The molecule has 1 aromatic heterocycles. The fourth-order valence-corrected chi connectivity index (χ4v) is 4.30. The summed E-state index contributed by atoms with van der Waals surface area (Å²) < 4.78 is 53.9. The van der Waals surface area contributed by atoms with E-state index in [1.165, 1.54) is 54.5 Å². The first-order valence-corrected chi connectivity index (χ1v) is 11.3. The Kier molecular flexibility index (Phi) is 6.85. The summed E-state index contributed by atoms with van der Waals surface area (Å²) in [5.41, 5.74) is 6.06. The van der Waals surface area contributed by atoms with Gasteiger partial charge in [-0.15, -0.1) is 0 Å². The zero-order chi connectivity index (χ0) is 26.4. The van der Waals surface area contributed by atoms with Crippen molar-refractivity contribution in [2.75, 3.05) is 29.9 Å². The number of carbonyl (C=O) groups is 2. The van der Waals surface area contributed by atoms with Gasteiger partial charge in [0.15, 0.2) is 5.82 Å². The lowest BCUT2D eigenvalue weighted by Crippen LogP contribution is -2.53. The molecule has 3 aromatic rings. The number of amides is 2. The number of carbonyl (C=O) groups excluding carboxylic acids is 2. The first-order valence-electron chi connectivity index (χ1n) is 10.5. The molecule has 0 saturated carbocycles. The topological polar surface area (TPSA) is 79.5 Å². The normalized spacial score (nSPS) is 13.9. The molecule has 1 saturated heterocycles. The minimum Gasteiger partial charge on any atom is -0.367 e. The van der Waals surface area contributed by atoms with Crippen LogP contribution in [0.2, 0.25) is 10.0 Å². The van der Waals surface area contributed by atoms with Gasteiger partial charge in [-0.1, -0.05) is 29.3 Å². The maximum Gasteiger partial charge on any atom is 0.395 e. The summed E-state index contributed by atoms with van der Waals surface area (Å²) in [5, 5.41) is 0.126. The fraction of sp³-hybridized carbons (Fsp3) is 0.208. The molecule has 12 heteroatoms. The molecule has 0 unspecified atom stereocenters. The van der Waals surface area contributed by atoms with Crippen LogP contribution < -0.4 is 15.5 Å². The van der Waals surface area contributed by atoms with Crippen LogP contribution in [0.25, 0.3) is 11.1 Å². The van der Waals surface area contributed by atoms with Crippen LogP contribution in [0, 0.1) is 11.7 Å². The van der Waals surface area contributed by atoms with Crippen molar-refractivity contribution in [2.24, 2.45) is 11.7 Å². The molecule has 1 fully saturated rings. The molecule has 0 bridgehead atoms. The van der Waals surface area contributed by atoms with Gasteiger partial charge in [0.05, 0.1) is 22.2 Å². The molecule has 0 radical (unpaired) electrons. The van der Waals surface area contributed by atoms with Gasteiger partial charge < -0.3 is 10.6 Å². The number of benzene rings is 2. The minimum atomic E-state index is -4.39. The van der Waals surface area contributed by atoms with Crippen molar-refractivity contribution < 1.29 is 27.2 Å². The van der Waals surface area contributed by atoms with Crippen LogP contribution in [0.4, 0.5) is 29.1 Å². The molecule has 2 amide bonds. The molecule has 2 N–H and O–H groups in total. The smallest absolute Gasteiger partial charge is 0.367 e. The highest BCUT2D eigenvalue weighted by Crippen LogP contribution is 2.41. The predicted octanol–water partition coefficient (Wildman–Crippen LogP) is 5.57. The van der Waals surface area contributed by atoms with Crippen LogP contribution in [0.15, 0.2) is 48.7 Å². The Morgan fingerprint density at radius 2 is 1.81 bits per heavy atom. The lowest BCUT2D eigenvalue weighted by atomic mass is 9.97. The second-order valence-electron chi connectivity index (χ2n) is 8.23. The van der Waals surface area contributed by atoms with Crippen LogP contribution in [0.1, 0.15) is 20.7 Å². The summed E-state index contributed by atoms with van der Waals surface area (Å²) in [6.45, 7) is -0.724. The molecule has 0 atom stereocenters. The number of nitrogens with two attached hydrogens (primary N) is 1. The lowest BCUT2D eigenvalue weighted by molar-refractivity contribution is -0.180. The van der Waals surface area contributed by atoms with E-state index in [-0.39, 0.29) is 40.2 Å². The molecular formula is C24H18Cl2F4N4O2. The van der Waals surface area contributed by atoms with Gasteiger partial charge in [0, 0.05) is 48.0 Å². The molecular weight excluding hydrogens is 523 g/mol. The van der Waals surface area contributed by atoms with Crippen molar-refractivity contribution in [1.29, 1.82) is 0 Å². The molecule has 0 aliphatic carbocycles. The Bertz CT molecular complexity index is 1340. The molecule has 1 aliphatic heterocycles. The third kappa shape index (κ3) is 4.83. The summed E-state index contributed by atoms with van der Waals surface area (Å²) >= 11 is 12.3. The quantitative estimate of drug-likeness (QED) is 0.429. The van der Waals surface area contributed by atoms with Gasteiger partial charge in [0.25, 0.3) is 5.91 Å². The van der Waals surface area contributed by atoms with Crippen molar-refractivity contribution in [3.63, 3.8) is 0 Å². The van der Waals surface area contributed by atoms with Crippen molar-refractivity contribution in [1.82, 2.24) is 4.98 Å². The average Bonchev–Trinajstić information content (AvgIpc) is 2.76. The molecule has 0 spiro atoms. The lowest BCUT2D eigenvalue weighted by Gasteiger charge is -2.42. The Labute approximate surface area is 213 Å². The van der Waals surface area contributed by atoms with E-state index in [2.05, 4.69) is 4.98 Å². The molecule has 6 nitrogen and oxygen atoms in total. The molecule has 1 aliphatic rings. The van der Waals surface area contributed by atoms with Crippen LogP contribution in [-0.2, 0) is 0 Å². The summed E-state index contributed by atoms with van der Waals surface area (Å²) in [5.74, 6) is -3.95. The third-order valence-electron chi connectivity index (χ3n) is 5.89. The maximum atomic E-state index is 14.4. The number of alkyl halides is 3. The predicted molar refractivity (Wildman–Crippen MR) is 129 cm³/mol. The van der Waals surface area contributed by atoms with E-state index in [0.29, 0.717) is 11.1 Å². The van der Waals surface area contributed by atoms with Crippen molar-refractivity contribution >= 4 is 46.5 Å². The van der Waals surface area contributed by atoms with Crippen LogP contribution in [0.3, 0.4) is 0 Å². The monoisotopic (exact) mass is 540 g/mol. The van der Waals surface area contributed by atoms with E-state index in [9.17, 15) is 27.2 Å². The Balaban J connectivity index is 1.79. The minimum absolute atomic E-state index is 0.00845. The summed E-state index contributed by atoms with van der Waals surface area (Å²) in [6.07, 6.45) is -3.04. The van der Waals surface area contributed by atoms with Crippen molar-refractivity contribution in [2.45, 2.75) is 6.18 Å². The van der Waals surface area contributed by atoms with Crippen LogP contribution in [0.5, 0.6) is 0 Å². The van der Waals surface area contributed by atoms with E-state index >= 15 is 0 Å². The van der Waals surface area contributed by atoms with Gasteiger partial charge in [-0.05, 0) is 36.4 Å². The van der Waals surface area contributed by atoms with E-state index in [1.807, 2.05) is 0 Å². The summed E-state index contributed by atoms with van der Waals surface area (Å²) in [4.78, 5) is 31.5. The number of hydrogen-bond acceptors (Lipinski definition) is 4. The van der Waals surface area contributed by atoms with E-state index in [0.717, 1.165) is 11.0 Å². The van der Waals surface area contributed by atoms with E-state index < -0.39 is 35.3 Å². The van der Waals surface area contributed by atoms with E-state index in [1.54, 1.807) is 0 Å². The number of halogens is 6. The van der Waals surface area contributed by atoms with Gasteiger partial charge in [-0.25, -0.2) is 9.37 Å². The van der Waals surface area contributed by atoms with Gasteiger partial charge in [0.2, 0.25) is 5.91 Å². The number of nitrogens with zero attached hydrogens (tertiary/aromatic N) is 3. The second kappa shape index (κ2) is 9.59. The SMILES string of the molecule is CN(C(=O)c1c(F)cccc1Cl)c1ncc(-c2cc(C(N)=O)ccc2Cl)cc1N1CC(C(F)(F)F)C1. The van der Waals surface area contributed by atoms with Gasteiger partial charge >= 0.3 is 6.18 Å². The highest BCUT2D eigenvalue weighted by molar-refractivity contribution is 6.34. The second-order valence-corrected chi connectivity index (χ2v) is 9.04. The van der Waals surface area contributed by atoms with Gasteiger partial charge in [0.1, 0.15) is 5.82 Å². The largest absolute Gasteiger partial charge is 0.395 e. The van der Waals surface area contributed by atoms with Crippen molar-refractivity contribution in [3.05, 3.63) is 75.7 Å². The average molecular weight is 541 g/mol. The number of pyridine rings is 1. The van der Waals surface area contributed by atoms with Crippen LogP contribution >= 0.6 is 23.2 Å². The van der Waals surface area contributed by atoms with Gasteiger partial charge in [-0.3, -0.25) is 14.5 Å². The zero-order valence-electron chi connectivity index (χ0n) is 18.6. The Morgan fingerprint density at radius 3 is 2.42 bits per heavy atom. The number of primary amides is 1. The number of rotatable bonds is 5. The number of anilines is 2. The first-order chi connectivity index (χ1) is 16.9. The first kappa shape index (κ1) is 25.7. The number of hydrogen-bond donors (Lipinski definition) is 1. The highest BCUT2D eigenvalue weighted by Gasteiger charge is 2.48. The number of aromatic nitrogens is 1. The zero-order valence-corrected chi connectivity index (χ0v) is 20.1.